The Morgan fingerprint density at radius 2 is 1.84 bits per heavy atom. The molecule has 0 saturated carbocycles. The van der Waals surface area contributed by atoms with Crippen molar-refractivity contribution in [1.82, 2.24) is 19.6 Å². The molecule has 0 bridgehead atoms. The van der Waals surface area contributed by atoms with Crippen LogP contribution in [0.2, 0.25) is 0 Å². The summed E-state index contributed by atoms with van der Waals surface area (Å²) in [4.78, 5) is 17.2. The molecule has 9 nitrogen and oxygen atoms in total. The van der Waals surface area contributed by atoms with Crippen molar-refractivity contribution in [3.63, 3.8) is 0 Å². The lowest BCUT2D eigenvalue weighted by atomic mass is 9.82. The molecule has 0 unspecified atom stereocenters. The van der Waals surface area contributed by atoms with Gasteiger partial charge in [-0.05, 0) is 67.0 Å². The van der Waals surface area contributed by atoms with Gasteiger partial charge in [-0.1, -0.05) is 39.0 Å². The predicted molar refractivity (Wildman–Crippen MR) is 145 cm³/mol. The zero-order valence-electron chi connectivity index (χ0n) is 21.8. The third kappa shape index (κ3) is 6.43. The molecule has 37 heavy (non-hydrogen) atoms. The summed E-state index contributed by atoms with van der Waals surface area (Å²) in [6, 6.07) is 12.6. The lowest BCUT2D eigenvalue weighted by Crippen LogP contribution is -2.42. The van der Waals surface area contributed by atoms with Gasteiger partial charge in [-0.3, -0.25) is 0 Å². The Labute approximate surface area is 218 Å². The van der Waals surface area contributed by atoms with Crippen LogP contribution in [0, 0.1) is 5.92 Å². The Kier molecular flexibility index (Phi) is 8.42. The number of nitrogens with zero attached hydrogens (tertiary/aromatic N) is 1. The largest absolute Gasteiger partial charge is 0.489 e. The quantitative estimate of drug-likeness (QED) is 0.302. The summed E-state index contributed by atoms with van der Waals surface area (Å²) in [5.74, 6) is 0.846. The molecule has 2 aromatic carbocycles. The molecule has 4 rings (SSSR count). The van der Waals surface area contributed by atoms with Gasteiger partial charge in [0.05, 0.1) is 10.4 Å². The number of para-hydroxylation sites is 1. The lowest BCUT2D eigenvalue weighted by molar-refractivity contribution is 0.105. The highest BCUT2D eigenvalue weighted by Gasteiger charge is 2.30. The van der Waals surface area contributed by atoms with Crippen molar-refractivity contribution in [3.8, 4) is 5.75 Å². The van der Waals surface area contributed by atoms with E-state index in [1.165, 1.54) is 0 Å². The van der Waals surface area contributed by atoms with Gasteiger partial charge in [0.2, 0.25) is 10.0 Å². The van der Waals surface area contributed by atoms with Crippen molar-refractivity contribution in [3.05, 3.63) is 58.5 Å². The number of piperidine rings is 1. The van der Waals surface area contributed by atoms with Gasteiger partial charge in [0.1, 0.15) is 24.0 Å². The van der Waals surface area contributed by atoms with Crippen molar-refractivity contribution in [2.24, 2.45) is 5.92 Å². The third-order valence-corrected chi connectivity index (χ3v) is 9.40. The van der Waals surface area contributed by atoms with Gasteiger partial charge in [-0.2, -0.15) is 4.31 Å². The van der Waals surface area contributed by atoms with Crippen LogP contribution in [0.3, 0.4) is 0 Å². The van der Waals surface area contributed by atoms with Gasteiger partial charge in [-0.15, -0.1) is 0 Å². The number of fused-ring (bicyclic) bond motifs is 1. The van der Waals surface area contributed by atoms with Crippen LogP contribution < -0.4 is 15.7 Å². The van der Waals surface area contributed by atoms with Crippen LogP contribution in [-0.2, 0) is 15.4 Å². The molecule has 10 heteroatoms. The van der Waals surface area contributed by atoms with E-state index in [0.29, 0.717) is 53.8 Å². The van der Waals surface area contributed by atoms with Crippen LogP contribution in [0.4, 0.5) is 0 Å². The summed E-state index contributed by atoms with van der Waals surface area (Å²) < 4.78 is 33.6. The second-order valence-electron chi connectivity index (χ2n) is 10.5. The molecule has 1 aliphatic heterocycles. The number of aliphatic hydroxyl groups is 1. The Hall–Kier alpha value is -2.66. The van der Waals surface area contributed by atoms with E-state index in [0.717, 1.165) is 24.8 Å². The number of aliphatic hydroxyl groups excluding tert-OH is 1. The monoisotopic (exact) mass is 530 g/mol. The average Bonchev–Trinajstić information content (AvgIpc) is 3.28. The fourth-order valence-corrected chi connectivity index (χ4v) is 6.11. The maximum absolute atomic E-state index is 13.1. The van der Waals surface area contributed by atoms with Crippen molar-refractivity contribution < 1.29 is 18.3 Å². The lowest BCUT2D eigenvalue weighted by Gasteiger charge is -2.31. The van der Waals surface area contributed by atoms with Crippen molar-refractivity contribution in [2.75, 3.05) is 32.8 Å². The molecular weight excluding hydrogens is 492 g/mol. The molecule has 4 N–H and O–H groups in total. The van der Waals surface area contributed by atoms with Gasteiger partial charge in [0.15, 0.2) is 0 Å². The molecule has 0 amide bonds. The van der Waals surface area contributed by atoms with E-state index in [2.05, 4.69) is 36.1 Å². The van der Waals surface area contributed by atoms with Gasteiger partial charge < -0.3 is 25.1 Å². The minimum atomic E-state index is -3.50. The van der Waals surface area contributed by atoms with Gasteiger partial charge in [0, 0.05) is 19.6 Å². The minimum Gasteiger partial charge on any atom is -0.489 e. The molecule has 1 atom stereocenters. The number of ether oxygens (including phenoxy) is 1. The van der Waals surface area contributed by atoms with E-state index in [1.807, 2.05) is 12.1 Å². The summed E-state index contributed by atoms with van der Waals surface area (Å²) in [6.45, 7) is 8.58. The fourth-order valence-electron chi connectivity index (χ4n) is 4.64. The van der Waals surface area contributed by atoms with Crippen LogP contribution in [0.15, 0.2) is 52.2 Å². The van der Waals surface area contributed by atoms with E-state index in [-0.39, 0.29) is 17.7 Å². The molecule has 0 aliphatic carbocycles. The summed E-state index contributed by atoms with van der Waals surface area (Å²) in [7, 11) is -3.50. The predicted octanol–water partition coefficient (Wildman–Crippen LogP) is 2.97. The molecule has 1 aromatic heterocycles. The summed E-state index contributed by atoms with van der Waals surface area (Å²) >= 11 is 0. The zero-order chi connectivity index (χ0) is 26.6. The molecular formula is C27H38N4O5S. The van der Waals surface area contributed by atoms with E-state index >= 15 is 0 Å². The highest BCUT2D eigenvalue weighted by molar-refractivity contribution is 7.89. The SMILES string of the molecule is CCC(C)(C)c1ccc(S(=O)(=O)N2CCC(CNC[C@@H](O)COc3cccc4[nH]c(=O)[nH]c34)CC2)cc1. The maximum atomic E-state index is 13.1. The molecule has 3 aromatic rings. The van der Waals surface area contributed by atoms with Crippen molar-refractivity contribution in [2.45, 2.75) is 56.4 Å². The first-order valence-electron chi connectivity index (χ1n) is 12.9. The number of benzene rings is 2. The summed E-state index contributed by atoms with van der Waals surface area (Å²) in [6.07, 6.45) is 1.80. The summed E-state index contributed by atoms with van der Waals surface area (Å²) in [5.41, 5.74) is 2.09. The topological polar surface area (TPSA) is 128 Å². The fraction of sp³-hybridized carbons (Fsp3) is 0.519. The number of aromatic amines is 2. The van der Waals surface area contributed by atoms with Gasteiger partial charge in [0.25, 0.3) is 0 Å². The van der Waals surface area contributed by atoms with Crippen molar-refractivity contribution >= 4 is 21.1 Å². The Bertz CT molecular complexity index is 1340. The second-order valence-corrected chi connectivity index (χ2v) is 12.4. The van der Waals surface area contributed by atoms with E-state index in [1.54, 1.807) is 34.6 Å². The molecule has 202 valence electrons. The maximum Gasteiger partial charge on any atom is 0.323 e. The summed E-state index contributed by atoms with van der Waals surface area (Å²) in [5, 5.41) is 13.6. The van der Waals surface area contributed by atoms with Crippen LogP contribution >= 0.6 is 0 Å². The number of rotatable bonds is 11. The molecule has 0 radical (unpaired) electrons. The molecule has 1 saturated heterocycles. The van der Waals surface area contributed by atoms with E-state index < -0.39 is 16.1 Å². The van der Waals surface area contributed by atoms with Crippen LogP contribution in [0.1, 0.15) is 45.6 Å². The molecule has 1 fully saturated rings. The van der Waals surface area contributed by atoms with Gasteiger partial charge in [-0.25, -0.2) is 13.2 Å². The molecule has 2 heterocycles. The Morgan fingerprint density at radius 3 is 2.51 bits per heavy atom. The Balaban J connectivity index is 1.20. The first kappa shape index (κ1) is 27.4. The zero-order valence-corrected chi connectivity index (χ0v) is 22.6. The second kappa shape index (κ2) is 11.4. The smallest absolute Gasteiger partial charge is 0.323 e. The van der Waals surface area contributed by atoms with Crippen molar-refractivity contribution in [1.29, 1.82) is 0 Å². The van der Waals surface area contributed by atoms with Gasteiger partial charge >= 0.3 is 5.69 Å². The number of sulfonamides is 1. The standard InChI is InChI=1S/C27H38N4O5S/c1-4-27(2,3)20-8-10-22(11-9-20)37(34,35)31-14-12-19(13-15-31)16-28-17-21(32)18-36-24-7-5-6-23-25(24)30-26(33)29-23/h5-11,19,21,28,32H,4,12-18H2,1-3H3,(H2,29,30,33)/t21-/m1/s1. The Morgan fingerprint density at radius 1 is 1.14 bits per heavy atom. The van der Waals surface area contributed by atoms with E-state index in [9.17, 15) is 18.3 Å². The number of hydrogen-bond acceptors (Lipinski definition) is 6. The first-order valence-corrected chi connectivity index (χ1v) is 14.4. The third-order valence-electron chi connectivity index (χ3n) is 7.49. The normalized spacial score (nSPS) is 16.8. The minimum absolute atomic E-state index is 0.0179. The molecule has 1 aliphatic rings. The van der Waals surface area contributed by atoms with E-state index in [4.69, 9.17) is 4.74 Å². The average molecular weight is 531 g/mol. The number of nitrogens with one attached hydrogen (secondary N) is 3. The number of H-pyrrole nitrogens is 2. The van der Waals surface area contributed by atoms with Crippen LogP contribution in [-0.4, -0.2) is 66.7 Å². The number of aromatic nitrogens is 2. The highest BCUT2D eigenvalue weighted by atomic mass is 32.2. The number of imidazole rings is 1. The first-order chi connectivity index (χ1) is 17.6. The highest BCUT2D eigenvalue weighted by Crippen LogP contribution is 2.29. The molecule has 0 spiro atoms. The number of hydrogen-bond donors (Lipinski definition) is 4. The van der Waals surface area contributed by atoms with Crippen LogP contribution in [0.25, 0.3) is 11.0 Å². The van der Waals surface area contributed by atoms with Crippen LogP contribution in [0.5, 0.6) is 5.75 Å².